The summed E-state index contributed by atoms with van der Waals surface area (Å²) in [4.78, 5) is 10.6. The van der Waals surface area contributed by atoms with Crippen molar-refractivity contribution in [3.8, 4) is 5.75 Å². The number of nitrogens with zero attached hydrogens (tertiary/aromatic N) is 1. The first kappa shape index (κ1) is 15.5. The minimum Gasteiger partial charge on any atom is -0.482 e. The van der Waals surface area contributed by atoms with E-state index in [2.05, 4.69) is 15.9 Å². The molecule has 21 heavy (non-hydrogen) atoms. The van der Waals surface area contributed by atoms with Crippen LogP contribution in [0.4, 0.5) is 5.69 Å². The van der Waals surface area contributed by atoms with Crippen molar-refractivity contribution >= 4 is 21.6 Å². The van der Waals surface area contributed by atoms with Crippen LogP contribution in [0.2, 0.25) is 0 Å². The van der Waals surface area contributed by atoms with Crippen LogP contribution in [0.1, 0.15) is 17.2 Å². The second-order valence-corrected chi connectivity index (χ2v) is 5.08. The van der Waals surface area contributed by atoms with E-state index in [-0.39, 0.29) is 18.0 Å². The number of rotatable bonds is 6. The summed E-state index contributed by atoms with van der Waals surface area (Å²) in [6.45, 7) is 0.252. The molecule has 2 aromatic carbocycles. The summed E-state index contributed by atoms with van der Waals surface area (Å²) in [6, 6.07) is 13.9. The first-order valence-corrected chi connectivity index (χ1v) is 7.43. The van der Waals surface area contributed by atoms with Gasteiger partial charge in [-0.3, -0.25) is 10.1 Å². The molecular weight excluding hydrogens is 338 g/mol. The molecule has 6 heteroatoms. The number of nitro groups is 1. The van der Waals surface area contributed by atoms with Gasteiger partial charge in [0.15, 0.2) is 5.75 Å². The predicted octanol–water partition coefficient (Wildman–Crippen LogP) is 3.60. The Morgan fingerprint density at radius 1 is 1.24 bits per heavy atom. The molecular formula is C15H14BrNO4. The fourth-order valence-corrected chi connectivity index (χ4v) is 2.20. The Labute approximate surface area is 130 Å². The molecule has 1 atom stereocenters. The molecule has 0 amide bonds. The number of ether oxygens (including phenoxy) is 1. The molecule has 0 bridgehead atoms. The number of aliphatic hydroxyl groups is 1. The van der Waals surface area contributed by atoms with Gasteiger partial charge in [0.25, 0.3) is 0 Å². The highest BCUT2D eigenvalue weighted by Crippen LogP contribution is 2.31. The van der Waals surface area contributed by atoms with Crippen LogP contribution in [-0.2, 0) is 6.61 Å². The van der Waals surface area contributed by atoms with Gasteiger partial charge >= 0.3 is 5.69 Å². The number of aliphatic hydroxyl groups excluding tert-OH is 1. The monoisotopic (exact) mass is 351 g/mol. The van der Waals surface area contributed by atoms with Crippen molar-refractivity contribution in [2.75, 3.05) is 5.33 Å². The van der Waals surface area contributed by atoms with Crippen molar-refractivity contribution in [1.82, 2.24) is 0 Å². The van der Waals surface area contributed by atoms with Crippen LogP contribution in [0.25, 0.3) is 0 Å². The molecule has 5 nitrogen and oxygen atoms in total. The van der Waals surface area contributed by atoms with Gasteiger partial charge in [0.05, 0.1) is 11.0 Å². The zero-order valence-electron chi connectivity index (χ0n) is 11.1. The van der Waals surface area contributed by atoms with Crippen LogP contribution < -0.4 is 4.74 Å². The second kappa shape index (κ2) is 7.19. The van der Waals surface area contributed by atoms with Crippen LogP contribution >= 0.6 is 15.9 Å². The maximum Gasteiger partial charge on any atom is 0.311 e. The largest absolute Gasteiger partial charge is 0.482 e. The summed E-state index contributed by atoms with van der Waals surface area (Å²) >= 11 is 3.14. The molecule has 1 N–H and O–H groups in total. The van der Waals surface area contributed by atoms with E-state index in [0.29, 0.717) is 10.9 Å². The minimum atomic E-state index is -0.785. The number of halogens is 1. The lowest BCUT2D eigenvalue weighted by molar-refractivity contribution is -0.386. The van der Waals surface area contributed by atoms with Crippen molar-refractivity contribution in [2.45, 2.75) is 12.7 Å². The summed E-state index contributed by atoms with van der Waals surface area (Å²) in [6.07, 6.45) is -0.785. The maximum atomic E-state index is 11.1. The Morgan fingerprint density at radius 2 is 1.95 bits per heavy atom. The van der Waals surface area contributed by atoms with Crippen LogP contribution in [0.15, 0.2) is 48.5 Å². The number of hydrogen-bond acceptors (Lipinski definition) is 4. The quantitative estimate of drug-likeness (QED) is 0.490. The SMILES string of the molecule is O=[N+]([O-])c1cc(C(O)CBr)ccc1OCc1ccccc1. The van der Waals surface area contributed by atoms with Gasteiger partial charge in [-0.15, -0.1) is 0 Å². The fourth-order valence-electron chi connectivity index (χ4n) is 1.83. The van der Waals surface area contributed by atoms with E-state index in [9.17, 15) is 15.2 Å². The molecule has 0 aromatic heterocycles. The molecule has 1 unspecified atom stereocenters. The molecule has 0 spiro atoms. The van der Waals surface area contributed by atoms with Crippen LogP contribution in [0.5, 0.6) is 5.75 Å². The Kier molecular flexibility index (Phi) is 5.30. The van der Waals surface area contributed by atoms with Gasteiger partial charge in [-0.2, -0.15) is 0 Å². The second-order valence-electron chi connectivity index (χ2n) is 4.43. The third kappa shape index (κ3) is 4.03. The topological polar surface area (TPSA) is 72.6 Å². The van der Waals surface area contributed by atoms with Crippen LogP contribution in [0.3, 0.4) is 0 Å². The molecule has 0 saturated carbocycles. The standard InChI is InChI=1S/C15H14BrNO4/c16-9-14(18)12-6-7-15(13(8-12)17(19)20)21-10-11-4-2-1-3-5-11/h1-8,14,18H,9-10H2. The Morgan fingerprint density at radius 3 is 2.57 bits per heavy atom. The Bertz CT molecular complexity index is 618. The van der Waals surface area contributed by atoms with E-state index >= 15 is 0 Å². The van der Waals surface area contributed by atoms with E-state index < -0.39 is 11.0 Å². The van der Waals surface area contributed by atoms with Gasteiger partial charge in [0, 0.05) is 11.4 Å². The normalized spacial score (nSPS) is 11.9. The fraction of sp³-hybridized carbons (Fsp3) is 0.200. The molecule has 0 fully saturated rings. The molecule has 2 aromatic rings. The molecule has 0 heterocycles. The van der Waals surface area contributed by atoms with Crippen molar-refractivity contribution in [3.05, 3.63) is 69.8 Å². The average molecular weight is 352 g/mol. The van der Waals surface area contributed by atoms with Crippen molar-refractivity contribution < 1.29 is 14.8 Å². The average Bonchev–Trinajstić information content (AvgIpc) is 2.52. The number of hydrogen-bond donors (Lipinski definition) is 1. The minimum absolute atomic E-state index is 0.150. The molecule has 0 radical (unpaired) electrons. The molecule has 0 aliphatic rings. The van der Waals surface area contributed by atoms with E-state index in [1.807, 2.05) is 30.3 Å². The highest BCUT2D eigenvalue weighted by molar-refractivity contribution is 9.09. The first-order valence-electron chi connectivity index (χ1n) is 6.31. The Hall–Kier alpha value is -1.92. The summed E-state index contributed by atoms with van der Waals surface area (Å²) in [7, 11) is 0. The van der Waals surface area contributed by atoms with Crippen LogP contribution in [0, 0.1) is 10.1 Å². The summed E-state index contributed by atoms with van der Waals surface area (Å²) in [5.74, 6) is 0.189. The molecule has 0 saturated heterocycles. The maximum absolute atomic E-state index is 11.1. The lowest BCUT2D eigenvalue weighted by Crippen LogP contribution is -2.03. The van der Waals surface area contributed by atoms with Gasteiger partial charge in [-0.05, 0) is 17.2 Å². The van der Waals surface area contributed by atoms with Crippen molar-refractivity contribution in [2.24, 2.45) is 0 Å². The van der Waals surface area contributed by atoms with E-state index in [4.69, 9.17) is 4.74 Å². The molecule has 2 rings (SSSR count). The van der Waals surface area contributed by atoms with Gasteiger partial charge in [-0.1, -0.05) is 52.3 Å². The summed E-state index contributed by atoms with van der Waals surface area (Å²) in [5.41, 5.74) is 1.26. The number of nitro benzene ring substituents is 1. The van der Waals surface area contributed by atoms with Gasteiger partial charge in [0.1, 0.15) is 6.61 Å². The zero-order valence-corrected chi connectivity index (χ0v) is 12.7. The third-order valence-corrected chi connectivity index (χ3v) is 3.56. The summed E-state index contributed by atoms with van der Waals surface area (Å²) in [5, 5.41) is 21.2. The first-order chi connectivity index (χ1) is 10.1. The lowest BCUT2D eigenvalue weighted by atomic mass is 10.1. The zero-order chi connectivity index (χ0) is 15.2. The van der Waals surface area contributed by atoms with Crippen molar-refractivity contribution in [1.29, 1.82) is 0 Å². The van der Waals surface area contributed by atoms with E-state index in [0.717, 1.165) is 5.56 Å². The predicted molar refractivity (Wildman–Crippen MR) is 82.6 cm³/mol. The van der Waals surface area contributed by atoms with Crippen molar-refractivity contribution in [3.63, 3.8) is 0 Å². The van der Waals surface area contributed by atoms with Crippen LogP contribution in [-0.4, -0.2) is 15.4 Å². The third-order valence-electron chi connectivity index (χ3n) is 2.95. The molecule has 110 valence electrons. The highest BCUT2D eigenvalue weighted by Gasteiger charge is 2.18. The summed E-state index contributed by atoms with van der Waals surface area (Å²) < 4.78 is 5.52. The Balaban J connectivity index is 2.20. The van der Waals surface area contributed by atoms with Gasteiger partial charge in [0.2, 0.25) is 0 Å². The van der Waals surface area contributed by atoms with Gasteiger partial charge < -0.3 is 9.84 Å². The molecule has 0 aliphatic heterocycles. The molecule has 0 aliphatic carbocycles. The highest BCUT2D eigenvalue weighted by atomic mass is 79.9. The number of benzene rings is 2. The lowest BCUT2D eigenvalue weighted by Gasteiger charge is -2.10. The van der Waals surface area contributed by atoms with E-state index in [1.54, 1.807) is 6.07 Å². The van der Waals surface area contributed by atoms with Gasteiger partial charge in [-0.25, -0.2) is 0 Å². The smallest absolute Gasteiger partial charge is 0.311 e. The van der Waals surface area contributed by atoms with E-state index in [1.165, 1.54) is 12.1 Å². The number of alkyl halides is 1.